The lowest BCUT2D eigenvalue weighted by Gasteiger charge is -2.23. The van der Waals surface area contributed by atoms with Crippen LogP contribution in [-0.2, 0) is 30.2 Å². The highest BCUT2D eigenvalue weighted by atomic mass is 32.2. The molecule has 3 aliphatic carbocycles. The number of carbonyl (C=O) groups is 4. The second kappa shape index (κ2) is 14.0. The van der Waals surface area contributed by atoms with Crippen molar-refractivity contribution in [1.29, 1.82) is 0 Å². The zero-order valence-electron chi connectivity index (χ0n) is 22.2. The summed E-state index contributed by atoms with van der Waals surface area (Å²) in [5, 5.41) is 5.49. The molecule has 0 spiro atoms. The zero-order chi connectivity index (χ0) is 26.9. The number of nitrogens with zero attached hydrogens (tertiary/aromatic N) is 1. The minimum atomic E-state index is -1.33. The number of hydrogen-bond donors (Lipinski definition) is 3. The van der Waals surface area contributed by atoms with Gasteiger partial charge < -0.3 is 15.4 Å². The van der Waals surface area contributed by atoms with Gasteiger partial charge in [0.05, 0.1) is 17.8 Å². The summed E-state index contributed by atoms with van der Waals surface area (Å²) in [5.41, 5.74) is -0.952. The fourth-order valence-corrected chi connectivity index (χ4v) is 5.03. The van der Waals surface area contributed by atoms with E-state index in [2.05, 4.69) is 42.7 Å². The highest BCUT2D eigenvalue weighted by molar-refractivity contribution is 7.84. The molecule has 0 aromatic rings. The minimum Gasteiger partial charge on any atom is -0.349 e. The molecule has 0 aromatic heterocycles. The van der Waals surface area contributed by atoms with Crippen molar-refractivity contribution < 1.29 is 23.4 Å². The van der Waals surface area contributed by atoms with E-state index in [1.807, 2.05) is 11.9 Å². The molecule has 3 saturated carbocycles. The van der Waals surface area contributed by atoms with E-state index in [-0.39, 0.29) is 41.5 Å². The molecule has 4 aliphatic rings. The topological polar surface area (TPSA) is 125 Å². The molecule has 36 heavy (non-hydrogen) atoms. The second-order valence-corrected chi connectivity index (χ2v) is 12.4. The Morgan fingerprint density at radius 2 is 1.78 bits per heavy atom. The maximum absolute atomic E-state index is 12.5. The molecule has 3 N–H and O–H groups in total. The molecular weight excluding hydrogens is 480 g/mol. The Balaban J connectivity index is 0.000000270. The first kappa shape index (κ1) is 30.2. The van der Waals surface area contributed by atoms with Crippen LogP contribution >= 0.6 is 0 Å². The van der Waals surface area contributed by atoms with E-state index in [0.29, 0.717) is 25.0 Å². The van der Waals surface area contributed by atoms with Crippen molar-refractivity contribution in [2.24, 2.45) is 17.8 Å². The number of likely N-dealkylation sites (tertiary alicyclic amines) is 1. The van der Waals surface area contributed by atoms with E-state index >= 15 is 0 Å². The van der Waals surface area contributed by atoms with Gasteiger partial charge in [-0.2, -0.15) is 0 Å². The van der Waals surface area contributed by atoms with E-state index in [1.165, 1.54) is 12.8 Å². The number of nitrogens with one attached hydrogen (secondary N) is 3. The molecule has 1 heterocycles. The molecule has 3 amide bonds. The van der Waals surface area contributed by atoms with Gasteiger partial charge in [0, 0.05) is 12.3 Å². The van der Waals surface area contributed by atoms with Gasteiger partial charge in [-0.15, -0.1) is 6.58 Å². The fourth-order valence-electron chi connectivity index (χ4n) is 3.94. The lowest BCUT2D eigenvalue weighted by atomic mass is 10.1. The maximum atomic E-state index is 12.5. The third-order valence-electron chi connectivity index (χ3n) is 6.45. The Kier molecular flexibility index (Phi) is 11.7. The molecule has 3 unspecified atom stereocenters. The predicted molar refractivity (Wildman–Crippen MR) is 141 cm³/mol. The third kappa shape index (κ3) is 9.76. The molecule has 1 aliphatic heterocycles. The number of hydrogen-bond acceptors (Lipinski definition) is 6. The molecule has 9 nitrogen and oxygen atoms in total. The number of rotatable bonds is 10. The Morgan fingerprint density at radius 3 is 2.22 bits per heavy atom. The molecule has 0 bridgehead atoms. The van der Waals surface area contributed by atoms with Crippen molar-refractivity contribution in [1.82, 2.24) is 20.3 Å². The quantitative estimate of drug-likeness (QED) is 0.296. The van der Waals surface area contributed by atoms with Gasteiger partial charge in [-0.1, -0.05) is 26.8 Å². The molecule has 4 atom stereocenters. The number of likely N-dealkylation sites (N-methyl/N-ethyl adjacent to an activating group) is 1. The number of carbonyl (C=O) groups excluding carboxylic acids is 4. The Labute approximate surface area is 218 Å². The van der Waals surface area contributed by atoms with E-state index in [9.17, 15) is 23.4 Å². The zero-order valence-corrected chi connectivity index (χ0v) is 23.0. The maximum Gasteiger partial charge on any atom is 0.258 e. The van der Waals surface area contributed by atoms with Crippen molar-refractivity contribution >= 4 is 35.0 Å². The van der Waals surface area contributed by atoms with Gasteiger partial charge in [-0.3, -0.25) is 24.0 Å². The van der Waals surface area contributed by atoms with Crippen molar-refractivity contribution in [3.05, 3.63) is 12.7 Å². The summed E-state index contributed by atoms with van der Waals surface area (Å²) in [5.74, 6) is 0.911. The first-order valence-corrected chi connectivity index (χ1v) is 14.3. The summed E-state index contributed by atoms with van der Waals surface area (Å²) in [4.78, 5) is 47.5. The van der Waals surface area contributed by atoms with Crippen molar-refractivity contribution in [2.75, 3.05) is 20.1 Å². The summed E-state index contributed by atoms with van der Waals surface area (Å²) < 4.78 is 14.5. The molecule has 10 heteroatoms. The van der Waals surface area contributed by atoms with Crippen molar-refractivity contribution in [2.45, 2.75) is 89.0 Å². The first-order valence-electron chi connectivity index (χ1n) is 13.1. The van der Waals surface area contributed by atoms with Crippen molar-refractivity contribution in [3.63, 3.8) is 0 Å². The largest absolute Gasteiger partial charge is 0.349 e. The Morgan fingerprint density at radius 1 is 1.14 bits per heavy atom. The van der Waals surface area contributed by atoms with Gasteiger partial charge in [0.1, 0.15) is 22.8 Å². The van der Waals surface area contributed by atoms with E-state index in [1.54, 1.807) is 6.08 Å². The predicted octanol–water partition coefficient (Wildman–Crippen LogP) is 1.85. The molecule has 0 aromatic carbocycles. The molecule has 4 rings (SSSR count). The van der Waals surface area contributed by atoms with E-state index in [0.717, 1.165) is 38.1 Å². The number of amides is 3. The third-order valence-corrected chi connectivity index (χ3v) is 7.91. The monoisotopic (exact) mass is 524 g/mol. The SMILES string of the molecule is C=CC1CC1(NC(=O)[C@@H]1CCCN1C)C(=O)NS(=O)C1CC1.CC(C)C.O=CCNC(=O)CC1CC1. The molecule has 4 fully saturated rings. The van der Waals surface area contributed by atoms with Crippen LogP contribution in [0.4, 0.5) is 0 Å². The van der Waals surface area contributed by atoms with Crippen molar-refractivity contribution in [3.8, 4) is 0 Å². The van der Waals surface area contributed by atoms with E-state index in [4.69, 9.17) is 0 Å². The van der Waals surface area contributed by atoms with E-state index < -0.39 is 16.5 Å². The minimum absolute atomic E-state index is 0.00889. The van der Waals surface area contributed by atoms with Gasteiger partial charge in [0.2, 0.25) is 11.8 Å². The summed E-state index contributed by atoms with van der Waals surface area (Å²) >= 11 is 0. The smallest absolute Gasteiger partial charge is 0.258 e. The Bertz CT molecular complexity index is 824. The van der Waals surface area contributed by atoms with Crippen LogP contribution in [0.25, 0.3) is 0 Å². The molecule has 204 valence electrons. The van der Waals surface area contributed by atoms with Crippen LogP contribution in [0.3, 0.4) is 0 Å². The standard InChI is InChI=1S/C15H23N3O3S.C7H11NO2.C4H10/c1-3-10-9-15(10,14(20)17-22(21)11-6-7-11)16-13(19)12-5-4-8-18(12)2;9-4-3-8-7(10)5-6-1-2-6;1-4(2)3/h3,10-12H,1,4-9H2,2H3,(H,16,19)(H,17,20);4,6H,1-3,5H2,(H,8,10);4H,1-3H3/t10?,12-,15?,22?;;/m0../s1. The first-order chi connectivity index (χ1) is 17.0. The highest BCUT2D eigenvalue weighted by Gasteiger charge is 2.60. The number of aldehydes is 1. The van der Waals surface area contributed by atoms with Crippen LogP contribution in [-0.4, -0.2) is 70.1 Å². The average molecular weight is 525 g/mol. The second-order valence-electron chi connectivity index (χ2n) is 10.9. The fraction of sp³-hybridized carbons (Fsp3) is 0.769. The highest BCUT2D eigenvalue weighted by Crippen LogP contribution is 2.45. The van der Waals surface area contributed by atoms with Gasteiger partial charge in [0.25, 0.3) is 5.91 Å². The van der Waals surface area contributed by atoms with Gasteiger partial charge in [-0.25, -0.2) is 4.21 Å². The lowest BCUT2D eigenvalue weighted by molar-refractivity contribution is -0.131. The lowest BCUT2D eigenvalue weighted by Crippen LogP contribution is -2.55. The van der Waals surface area contributed by atoms with Gasteiger partial charge in [0.15, 0.2) is 0 Å². The Hall–Kier alpha value is -2.07. The van der Waals surface area contributed by atoms with Gasteiger partial charge in [-0.05, 0) is 70.4 Å². The summed E-state index contributed by atoms with van der Waals surface area (Å²) in [6, 6.07) is -0.176. The molecule has 0 radical (unpaired) electrons. The van der Waals surface area contributed by atoms with Gasteiger partial charge >= 0.3 is 0 Å². The normalized spacial score (nSPS) is 27.4. The summed E-state index contributed by atoms with van der Waals surface area (Å²) in [7, 11) is 0.587. The average Bonchev–Trinajstić information content (AvgIpc) is 3.70. The summed E-state index contributed by atoms with van der Waals surface area (Å²) in [6.07, 6.45) is 9.47. The van der Waals surface area contributed by atoms with Crippen LogP contribution in [0, 0.1) is 17.8 Å². The van der Waals surface area contributed by atoms with Crippen LogP contribution in [0.5, 0.6) is 0 Å². The van der Waals surface area contributed by atoms with Crippen LogP contribution < -0.4 is 15.4 Å². The van der Waals surface area contributed by atoms with Crippen LogP contribution in [0.2, 0.25) is 0 Å². The molecular formula is C26H44N4O5S. The summed E-state index contributed by atoms with van der Waals surface area (Å²) in [6.45, 7) is 11.3. The van der Waals surface area contributed by atoms with Crippen LogP contribution in [0.15, 0.2) is 12.7 Å². The molecule has 1 saturated heterocycles. The van der Waals surface area contributed by atoms with Crippen LogP contribution in [0.1, 0.15) is 72.1 Å².